The lowest BCUT2D eigenvalue weighted by Crippen LogP contribution is -2.14. The highest BCUT2D eigenvalue weighted by atomic mass is 35.5. The van der Waals surface area contributed by atoms with Gasteiger partial charge < -0.3 is 9.84 Å². The van der Waals surface area contributed by atoms with Crippen molar-refractivity contribution in [3.8, 4) is 11.3 Å². The van der Waals surface area contributed by atoms with E-state index in [1.807, 2.05) is 0 Å². The predicted octanol–water partition coefficient (Wildman–Crippen LogP) is 6.04. The Balaban J connectivity index is 1.98. The standard InChI is InChI=1S/C19H15Cl2N3O3/c1-10(23-26)12-7-8-15(21)16(9-12)22-19(25)17-11(2)27-24-18(17)13-5-3-4-6-14(13)20/h3-10H,1-2H3,(H,22,25). The van der Waals surface area contributed by atoms with Gasteiger partial charge in [-0.15, -0.1) is 0 Å². The van der Waals surface area contributed by atoms with Crippen LogP contribution in [0, 0.1) is 11.8 Å². The molecule has 3 aromatic rings. The van der Waals surface area contributed by atoms with Crippen LogP contribution in [-0.4, -0.2) is 11.1 Å². The minimum absolute atomic E-state index is 0.256. The van der Waals surface area contributed by atoms with Crippen LogP contribution in [0.4, 0.5) is 5.69 Å². The van der Waals surface area contributed by atoms with Gasteiger partial charge in [0.05, 0.1) is 15.7 Å². The number of rotatable bonds is 5. The summed E-state index contributed by atoms with van der Waals surface area (Å²) in [7, 11) is 0. The van der Waals surface area contributed by atoms with Crippen LogP contribution in [0.3, 0.4) is 0 Å². The average Bonchev–Trinajstić information content (AvgIpc) is 3.04. The first-order valence-corrected chi connectivity index (χ1v) is 8.82. The number of benzene rings is 2. The Morgan fingerprint density at radius 3 is 2.63 bits per heavy atom. The third-order valence-corrected chi connectivity index (χ3v) is 4.76. The van der Waals surface area contributed by atoms with E-state index in [0.29, 0.717) is 38.3 Å². The molecule has 1 aromatic heterocycles. The number of carbonyl (C=O) groups is 1. The van der Waals surface area contributed by atoms with Gasteiger partial charge in [0.2, 0.25) is 0 Å². The molecule has 1 unspecified atom stereocenters. The Morgan fingerprint density at radius 2 is 1.93 bits per heavy atom. The van der Waals surface area contributed by atoms with Gasteiger partial charge in [0.15, 0.2) is 0 Å². The SMILES string of the molecule is Cc1onc(-c2ccccc2Cl)c1C(=O)Nc1cc(C(C)N=O)ccc1Cl. The van der Waals surface area contributed by atoms with Crippen molar-refractivity contribution in [3.63, 3.8) is 0 Å². The summed E-state index contributed by atoms with van der Waals surface area (Å²) in [6, 6.07) is 11.4. The molecule has 6 nitrogen and oxygen atoms in total. The number of aromatic nitrogens is 1. The van der Waals surface area contributed by atoms with Gasteiger partial charge >= 0.3 is 0 Å². The second kappa shape index (κ2) is 7.90. The summed E-state index contributed by atoms with van der Waals surface area (Å²) in [4.78, 5) is 23.7. The zero-order chi connectivity index (χ0) is 19.6. The summed E-state index contributed by atoms with van der Waals surface area (Å²) < 4.78 is 5.21. The Bertz CT molecular complexity index is 1020. The lowest BCUT2D eigenvalue weighted by Gasteiger charge is -2.11. The summed E-state index contributed by atoms with van der Waals surface area (Å²) in [5.74, 6) is -0.105. The van der Waals surface area contributed by atoms with E-state index in [-0.39, 0.29) is 5.56 Å². The van der Waals surface area contributed by atoms with Crippen LogP contribution in [0.1, 0.15) is 34.6 Å². The van der Waals surface area contributed by atoms with E-state index in [2.05, 4.69) is 15.7 Å². The number of hydrogen-bond acceptors (Lipinski definition) is 5. The minimum Gasteiger partial charge on any atom is -0.360 e. The van der Waals surface area contributed by atoms with Crippen LogP contribution in [0.5, 0.6) is 0 Å². The highest BCUT2D eigenvalue weighted by molar-refractivity contribution is 6.34. The van der Waals surface area contributed by atoms with E-state index in [0.717, 1.165) is 0 Å². The maximum absolute atomic E-state index is 12.9. The zero-order valence-electron chi connectivity index (χ0n) is 14.5. The fourth-order valence-corrected chi connectivity index (χ4v) is 3.01. The summed E-state index contributed by atoms with van der Waals surface area (Å²) in [5, 5.41) is 10.5. The van der Waals surface area contributed by atoms with E-state index in [4.69, 9.17) is 27.7 Å². The number of amides is 1. The fraction of sp³-hybridized carbons (Fsp3) is 0.158. The Kier molecular flexibility index (Phi) is 5.58. The molecule has 3 rings (SSSR count). The summed E-state index contributed by atoms with van der Waals surface area (Å²) in [5.41, 5.74) is 2.18. The molecule has 1 amide bonds. The van der Waals surface area contributed by atoms with Gasteiger partial charge in [-0.05, 0) is 37.6 Å². The van der Waals surface area contributed by atoms with Gasteiger partial charge in [0, 0.05) is 5.56 Å². The van der Waals surface area contributed by atoms with E-state index in [9.17, 15) is 9.70 Å². The van der Waals surface area contributed by atoms with Crippen molar-refractivity contribution in [2.45, 2.75) is 19.9 Å². The molecule has 0 saturated carbocycles. The molecule has 0 saturated heterocycles. The Morgan fingerprint density at radius 1 is 1.19 bits per heavy atom. The lowest BCUT2D eigenvalue weighted by molar-refractivity contribution is 0.102. The largest absolute Gasteiger partial charge is 0.360 e. The highest BCUT2D eigenvalue weighted by Gasteiger charge is 2.24. The van der Waals surface area contributed by atoms with Crippen molar-refractivity contribution >= 4 is 34.8 Å². The molecule has 0 bridgehead atoms. The number of halogens is 2. The third-order valence-electron chi connectivity index (χ3n) is 4.10. The normalized spacial score (nSPS) is 11.9. The van der Waals surface area contributed by atoms with Crippen LogP contribution in [0.25, 0.3) is 11.3 Å². The molecule has 0 aliphatic rings. The second-order valence-electron chi connectivity index (χ2n) is 5.92. The second-order valence-corrected chi connectivity index (χ2v) is 6.73. The quantitative estimate of drug-likeness (QED) is 0.526. The number of anilines is 1. The summed E-state index contributed by atoms with van der Waals surface area (Å²) in [6.07, 6.45) is 0. The molecule has 0 radical (unpaired) electrons. The van der Waals surface area contributed by atoms with Gasteiger partial charge in [-0.3, -0.25) is 4.79 Å². The van der Waals surface area contributed by atoms with Crippen molar-refractivity contribution < 1.29 is 9.32 Å². The minimum atomic E-state index is -0.561. The van der Waals surface area contributed by atoms with Crippen LogP contribution < -0.4 is 5.32 Å². The van der Waals surface area contributed by atoms with Crippen LogP contribution >= 0.6 is 23.2 Å². The molecule has 138 valence electrons. The van der Waals surface area contributed by atoms with Crippen molar-refractivity contribution in [2.24, 2.45) is 5.18 Å². The molecule has 0 fully saturated rings. The van der Waals surface area contributed by atoms with Crippen LogP contribution in [0.15, 0.2) is 52.2 Å². The van der Waals surface area contributed by atoms with Crippen molar-refractivity contribution in [1.82, 2.24) is 5.16 Å². The zero-order valence-corrected chi connectivity index (χ0v) is 16.0. The maximum Gasteiger partial charge on any atom is 0.261 e. The Hall–Kier alpha value is -2.70. The molecule has 2 aromatic carbocycles. The molecule has 8 heteroatoms. The van der Waals surface area contributed by atoms with E-state index >= 15 is 0 Å². The lowest BCUT2D eigenvalue weighted by atomic mass is 10.0. The molecule has 1 heterocycles. The van der Waals surface area contributed by atoms with Crippen molar-refractivity contribution in [1.29, 1.82) is 0 Å². The number of nitrogens with one attached hydrogen (secondary N) is 1. The third kappa shape index (κ3) is 3.86. The van der Waals surface area contributed by atoms with Gasteiger partial charge in [0.1, 0.15) is 23.1 Å². The van der Waals surface area contributed by atoms with E-state index in [1.54, 1.807) is 56.3 Å². The maximum atomic E-state index is 12.9. The van der Waals surface area contributed by atoms with Gasteiger partial charge in [0.25, 0.3) is 5.91 Å². The van der Waals surface area contributed by atoms with E-state index in [1.165, 1.54) is 0 Å². The predicted molar refractivity (Wildman–Crippen MR) is 105 cm³/mol. The monoisotopic (exact) mass is 403 g/mol. The molecule has 1 atom stereocenters. The molecule has 1 N–H and O–H groups in total. The van der Waals surface area contributed by atoms with Crippen molar-refractivity contribution in [3.05, 3.63) is 74.3 Å². The first-order valence-electron chi connectivity index (χ1n) is 8.06. The highest BCUT2D eigenvalue weighted by Crippen LogP contribution is 2.33. The first kappa shape index (κ1) is 19.1. The number of carbonyl (C=O) groups excluding carboxylic acids is 1. The van der Waals surface area contributed by atoms with Gasteiger partial charge in [-0.25, -0.2) is 0 Å². The first-order chi connectivity index (χ1) is 12.9. The molecular weight excluding hydrogens is 389 g/mol. The van der Waals surface area contributed by atoms with Gasteiger partial charge in [-0.2, -0.15) is 4.91 Å². The van der Waals surface area contributed by atoms with Gasteiger partial charge in [-0.1, -0.05) is 57.8 Å². The fourth-order valence-electron chi connectivity index (χ4n) is 2.62. The smallest absolute Gasteiger partial charge is 0.261 e. The molecule has 0 aliphatic carbocycles. The van der Waals surface area contributed by atoms with E-state index < -0.39 is 11.9 Å². The van der Waals surface area contributed by atoms with Crippen LogP contribution in [-0.2, 0) is 0 Å². The number of nitrogens with zero attached hydrogens (tertiary/aromatic N) is 2. The summed E-state index contributed by atoms with van der Waals surface area (Å²) >= 11 is 12.4. The number of aryl methyl sites for hydroxylation is 1. The molecule has 27 heavy (non-hydrogen) atoms. The Labute approximate surface area is 165 Å². The average molecular weight is 404 g/mol. The topological polar surface area (TPSA) is 84.6 Å². The number of nitroso groups, excluding NO2 is 1. The molecule has 0 spiro atoms. The molecule has 0 aliphatic heterocycles. The molecular formula is C19H15Cl2N3O3. The van der Waals surface area contributed by atoms with Crippen LogP contribution in [0.2, 0.25) is 10.0 Å². The van der Waals surface area contributed by atoms with Crippen molar-refractivity contribution in [2.75, 3.05) is 5.32 Å². The summed E-state index contributed by atoms with van der Waals surface area (Å²) in [6.45, 7) is 3.29. The number of hydrogen-bond donors (Lipinski definition) is 1.